The van der Waals surface area contributed by atoms with Crippen LogP contribution in [0.1, 0.15) is 32.1 Å². The highest BCUT2D eigenvalue weighted by atomic mass is 35.5. The third kappa shape index (κ3) is 1.13. The van der Waals surface area contributed by atoms with Gasteiger partial charge in [-0.15, -0.1) is 11.6 Å². The van der Waals surface area contributed by atoms with Crippen LogP contribution in [0.15, 0.2) is 23.8 Å². The van der Waals surface area contributed by atoms with Crippen molar-refractivity contribution in [1.29, 1.82) is 0 Å². The minimum absolute atomic E-state index is 0.199. The molecule has 3 aliphatic rings. The van der Waals surface area contributed by atoms with Crippen molar-refractivity contribution in [2.45, 2.75) is 37.0 Å². The molecule has 1 fully saturated rings. The van der Waals surface area contributed by atoms with Crippen LogP contribution in [-0.2, 0) is 4.79 Å². The lowest BCUT2D eigenvalue weighted by atomic mass is 9.60. The molecule has 0 aromatic carbocycles. The maximum Gasteiger partial charge on any atom is 0.162 e. The lowest BCUT2D eigenvalue weighted by Crippen LogP contribution is -2.58. The minimum atomic E-state index is -0.641. The van der Waals surface area contributed by atoms with E-state index < -0.39 is 4.87 Å². The van der Waals surface area contributed by atoms with Gasteiger partial charge in [0.2, 0.25) is 0 Å². The van der Waals surface area contributed by atoms with Crippen molar-refractivity contribution in [3.05, 3.63) is 23.8 Å². The fourth-order valence-electron chi connectivity index (χ4n) is 3.21. The summed E-state index contributed by atoms with van der Waals surface area (Å²) in [7, 11) is 0. The number of hydrogen-bond acceptors (Lipinski definition) is 1. The van der Waals surface area contributed by atoms with Gasteiger partial charge in [-0.05, 0) is 37.7 Å². The van der Waals surface area contributed by atoms with Gasteiger partial charge in [0, 0.05) is 11.8 Å². The molecule has 0 aromatic heterocycles. The van der Waals surface area contributed by atoms with Gasteiger partial charge < -0.3 is 0 Å². The van der Waals surface area contributed by atoms with Crippen LogP contribution >= 0.6 is 11.6 Å². The molecule has 3 aliphatic carbocycles. The molecular formula is C13H15ClO. The number of rotatable bonds is 1. The first-order chi connectivity index (χ1) is 7.24. The molecule has 0 unspecified atom stereocenters. The zero-order valence-corrected chi connectivity index (χ0v) is 9.46. The third-order valence-corrected chi connectivity index (χ3v) is 4.76. The number of ketones is 1. The summed E-state index contributed by atoms with van der Waals surface area (Å²) in [5.74, 6) is 0.758. The summed E-state index contributed by atoms with van der Waals surface area (Å²) in [6.07, 6.45) is 11.9. The smallest absolute Gasteiger partial charge is 0.162 e. The van der Waals surface area contributed by atoms with Gasteiger partial charge in [0.15, 0.2) is 5.78 Å². The maximum absolute atomic E-state index is 12.1. The Kier molecular flexibility index (Phi) is 2.07. The van der Waals surface area contributed by atoms with Gasteiger partial charge in [0.05, 0.1) is 0 Å². The summed E-state index contributed by atoms with van der Waals surface area (Å²) >= 11 is 6.57. The number of allylic oxidation sites excluding steroid dienone is 4. The first-order valence-electron chi connectivity index (χ1n) is 5.84. The molecule has 2 heteroatoms. The summed E-state index contributed by atoms with van der Waals surface area (Å²) in [6.45, 7) is 0. The SMILES string of the molecule is O=C1[C@H]2CC=C[C@H]2[C@@]1(Cl)C1=CCCCC1. The summed E-state index contributed by atoms with van der Waals surface area (Å²) in [5.41, 5.74) is 1.20. The standard InChI is InChI=1S/C13H15ClO/c14-13(9-5-2-1-3-6-9)11-8-4-7-10(11)12(13)15/h4-5,8,10-11H,1-3,6-7H2/t10-,11+,13-/m0/s1. The van der Waals surface area contributed by atoms with E-state index in [2.05, 4.69) is 18.2 Å². The molecule has 0 heterocycles. The third-order valence-electron chi connectivity index (χ3n) is 4.08. The van der Waals surface area contributed by atoms with Gasteiger partial charge in [-0.2, -0.15) is 0 Å². The number of fused-ring (bicyclic) bond motifs is 1. The van der Waals surface area contributed by atoms with Crippen LogP contribution in [0.5, 0.6) is 0 Å². The van der Waals surface area contributed by atoms with Crippen LogP contribution in [0.2, 0.25) is 0 Å². The Morgan fingerprint density at radius 1 is 1.40 bits per heavy atom. The van der Waals surface area contributed by atoms with Crippen molar-refractivity contribution < 1.29 is 4.79 Å². The van der Waals surface area contributed by atoms with E-state index in [0.29, 0.717) is 0 Å². The van der Waals surface area contributed by atoms with Gasteiger partial charge in [0.1, 0.15) is 4.87 Å². The molecule has 1 nitrogen and oxygen atoms in total. The first kappa shape index (κ1) is 9.65. The zero-order chi connectivity index (χ0) is 10.5. The molecule has 15 heavy (non-hydrogen) atoms. The highest BCUT2D eigenvalue weighted by Crippen LogP contribution is 2.56. The fraction of sp³-hybridized carbons (Fsp3) is 0.615. The van der Waals surface area contributed by atoms with E-state index >= 15 is 0 Å². The second-order valence-electron chi connectivity index (χ2n) is 4.85. The van der Waals surface area contributed by atoms with Crippen molar-refractivity contribution in [1.82, 2.24) is 0 Å². The number of carbonyl (C=O) groups excluding carboxylic acids is 1. The molecule has 3 atom stereocenters. The van der Waals surface area contributed by atoms with Crippen LogP contribution in [0.25, 0.3) is 0 Å². The van der Waals surface area contributed by atoms with Crippen LogP contribution in [0.3, 0.4) is 0 Å². The number of halogens is 1. The molecule has 0 amide bonds. The number of hydrogen-bond donors (Lipinski definition) is 0. The Bertz CT molecular complexity index is 369. The van der Waals surface area contributed by atoms with E-state index in [1.54, 1.807) is 0 Å². The molecule has 80 valence electrons. The largest absolute Gasteiger partial charge is 0.297 e. The highest BCUT2D eigenvalue weighted by molar-refractivity contribution is 6.41. The summed E-state index contributed by atoms with van der Waals surface area (Å²) in [5, 5.41) is 0. The molecule has 0 N–H and O–H groups in total. The van der Waals surface area contributed by atoms with E-state index in [0.717, 1.165) is 19.3 Å². The Hall–Kier alpha value is -0.560. The van der Waals surface area contributed by atoms with E-state index in [4.69, 9.17) is 11.6 Å². The highest BCUT2D eigenvalue weighted by Gasteiger charge is 2.62. The number of alkyl halides is 1. The summed E-state index contributed by atoms with van der Waals surface area (Å²) in [4.78, 5) is 11.4. The van der Waals surface area contributed by atoms with E-state index in [1.165, 1.54) is 18.4 Å². The topological polar surface area (TPSA) is 17.1 Å². The first-order valence-corrected chi connectivity index (χ1v) is 6.22. The van der Waals surface area contributed by atoms with Crippen molar-refractivity contribution >= 4 is 17.4 Å². The zero-order valence-electron chi connectivity index (χ0n) is 8.71. The van der Waals surface area contributed by atoms with Crippen molar-refractivity contribution in [2.24, 2.45) is 11.8 Å². The lowest BCUT2D eigenvalue weighted by molar-refractivity contribution is -0.135. The Balaban J connectivity index is 1.93. The number of Topliss-reactive ketones (excluding diaryl/α,β-unsaturated/α-hetero) is 1. The predicted octanol–water partition coefficient (Wildman–Crippen LogP) is 3.24. The average molecular weight is 223 g/mol. The second kappa shape index (κ2) is 3.21. The van der Waals surface area contributed by atoms with Gasteiger partial charge >= 0.3 is 0 Å². The Labute approximate surface area is 95.2 Å². The molecule has 0 saturated heterocycles. The molecule has 0 aliphatic heterocycles. The maximum atomic E-state index is 12.1. The van der Waals surface area contributed by atoms with Crippen LogP contribution in [0.4, 0.5) is 0 Å². The lowest BCUT2D eigenvalue weighted by Gasteiger charge is -2.48. The Morgan fingerprint density at radius 3 is 3.00 bits per heavy atom. The molecule has 0 radical (unpaired) electrons. The normalized spacial score (nSPS) is 43.5. The van der Waals surface area contributed by atoms with Crippen LogP contribution in [-0.4, -0.2) is 10.7 Å². The summed E-state index contributed by atoms with van der Waals surface area (Å²) in [6, 6.07) is 0. The molecule has 3 rings (SSSR count). The van der Waals surface area contributed by atoms with Crippen LogP contribution < -0.4 is 0 Å². The second-order valence-corrected chi connectivity index (χ2v) is 5.44. The van der Waals surface area contributed by atoms with Gasteiger partial charge in [-0.1, -0.05) is 18.2 Å². The number of carbonyl (C=O) groups is 1. The van der Waals surface area contributed by atoms with Gasteiger partial charge in [-0.3, -0.25) is 4.79 Å². The molecule has 0 bridgehead atoms. The van der Waals surface area contributed by atoms with Gasteiger partial charge in [-0.25, -0.2) is 0 Å². The molecule has 1 saturated carbocycles. The van der Waals surface area contributed by atoms with Crippen LogP contribution in [0, 0.1) is 11.8 Å². The molecular weight excluding hydrogens is 208 g/mol. The molecule has 0 spiro atoms. The monoisotopic (exact) mass is 222 g/mol. The van der Waals surface area contributed by atoms with E-state index in [-0.39, 0.29) is 17.6 Å². The predicted molar refractivity (Wildman–Crippen MR) is 60.9 cm³/mol. The van der Waals surface area contributed by atoms with Crippen molar-refractivity contribution in [2.75, 3.05) is 0 Å². The van der Waals surface area contributed by atoms with Gasteiger partial charge in [0.25, 0.3) is 0 Å². The Morgan fingerprint density at radius 2 is 2.27 bits per heavy atom. The minimum Gasteiger partial charge on any atom is -0.297 e. The molecule has 0 aromatic rings. The quantitative estimate of drug-likeness (QED) is 0.492. The van der Waals surface area contributed by atoms with E-state index in [1.807, 2.05) is 0 Å². The fourth-order valence-corrected chi connectivity index (χ4v) is 3.75. The summed E-state index contributed by atoms with van der Waals surface area (Å²) < 4.78 is 0. The van der Waals surface area contributed by atoms with Crippen molar-refractivity contribution in [3.63, 3.8) is 0 Å². The van der Waals surface area contributed by atoms with E-state index in [9.17, 15) is 4.79 Å². The van der Waals surface area contributed by atoms with Crippen molar-refractivity contribution in [3.8, 4) is 0 Å². The average Bonchev–Trinajstić information content (AvgIpc) is 2.75.